The summed E-state index contributed by atoms with van der Waals surface area (Å²) in [7, 11) is 0. The van der Waals surface area contributed by atoms with Crippen molar-refractivity contribution in [2.75, 3.05) is 0 Å². The van der Waals surface area contributed by atoms with Crippen LogP contribution < -0.4 is 5.32 Å². The molecule has 1 unspecified atom stereocenters. The predicted octanol–water partition coefficient (Wildman–Crippen LogP) is 2.62. The molecule has 21 heavy (non-hydrogen) atoms. The third-order valence-corrected chi connectivity index (χ3v) is 3.12. The van der Waals surface area contributed by atoms with Crippen LogP contribution in [0.3, 0.4) is 0 Å². The number of amides is 1. The van der Waals surface area contributed by atoms with Crippen LogP contribution in [0.25, 0.3) is 0 Å². The predicted molar refractivity (Wildman–Crippen MR) is 76.5 cm³/mol. The Labute approximate surface area is 126 Å². The molecule has 114 valence electrons. The lowest BCUT2D eigenvalue weighted by atomic mass is 10.1. The minimum absolute atomic E-state index is 0.0628. The zero-order valence-electron chi connectivity index (χ0n) is 11.3. The number of carboxylic acids is 1. The smallest absolute Gasteiger partial charge is 0.305 e. The van der Waals surface area contributed by atoms with E-state index in [1.54, 1.807) is 0 Å². The fourth-order valence-corrected chi connectivity index (χ4v) is 2.03. The molecule has 0 heterocycles. The Morgan fingerprint density at radius 3 is 2.67 bits per heavy atom. The van der Waals surface area contributed by atoms with Crippen molar-refractivity contribution in [3.8, 4) is 0 Å². The molecule has 0 bridgehead atoms. The van der Waals surface area contributed by atoms with Gasteiger partial charge >= 0.3 is 5.97 Å². The maximum absolute atomic E-state index is 12.0. The van der Waals surface area contributed by atoms with Crippen LogP contribution in [-0.4, -0.2) is 27.9 Å². The van der Waals surface area contributed by atoms with Crippen LogP contribution >= 0.6 is 11.6 Å². The number of carboxylic acid groups (broad SMARTS) is 1. The summed E-state index contributed by atoms with van der Waals surface area (Å²) in [5.74, 6) is -1.58. The first-order chi connectivity index (χ1) is 9.85. The lowest BCUT2D eigenvalue weighted by molar-refractivity contribution is -0.384. The Balaban J connectivity index is 2.89. The monoisotopic (exact) mass is 314 g/mol. The summed E-state index contributed by atoms with van der Waals surface area (Å²) in [5, 5.41) is 22.1. The molecular weight excluding hydrogens is 300 g/mol. The number of nitro benzene ring substituents is 1. The van der Waals surface area contributed by atoms with Gasteiger partial charge in [0.1, 0.15) is 5.02 Å². The molecule has 1 aromatic carbocycles. The number of nitro groups is 1. The first-order valence-corrected chi connectivity index (χ1v) is 6.69. The highest BCUT2D eigenvalue weighted by Gasteiger charge is 2.19. The van der Waals surface area contributed by atoms with Crippen LogP contribution in [0.1, 0.15) is 36.5 Å². The second-order valence-corrected chi connectivity index (χ2v) is 4.89. The van der Waals surface area contributed by atoms with Gasteiger partial charge in [-0.25, -0.2) is 0 Å². The van der Waals surface area contributed by atoms with Gasteiger partial charge in [-0.2, -0.15) is 0 Å². The topological polar surface area (TPSA) is 110 Å². The van der Waals surface area contributed by atoms with E-state index in [0.29, 0.717) is 12.8 Å². The van der Waals surface area contributed by atoms with E-state index in [-0.39, 0.29) is 22.7 Å². The summed E-state index contributed by atoms with van der Waals surface area (Å²) < 4.78 is 0. The summed E-state index contributed by atoms with van der Waals surface area (Å²) >= 11 is 5.67. The van der Waals surface area contributed by atoms with Crippen LogP contribution in [0.15, 0.2) is 18.2 Å². The van der Waals surface area contributed by atoms with Gasteiger partial charge in [-0.05, 0) is 18.6 Å². The van der Waals surface area contributed by atoms with Crippen molar-refractivity contribution >= 4 is 29.2 Å². The molecule has 1 rings (SSSR count). The summed E-state index contributed by atoms with van der Waals surface area (Å²) in [6.45, 7) is 1.87. The maximum Gasteiger partial charge on any atom is 0.305 e. The molecule has 0 spiro atoms. The SMILES string of the molecule is CCCC(CC(=O)O)NC(=O)c1ccc(Cl)c([N+](=O)[O-])c1. The molecule has 0 aliphatic heterocycles. The zero-order valence-corrected chi connectivity index (χ0v) is 12.1. The van der Waals surface area contributed by atoms with E-state index >= 15 is 0 Å². The lowest BCUT2D eigenvalue weighted by Gasteiger charge is -2.16. The van der Waals surface area contributed by atoms with Gasteiger partial charge in [0.05, 0.1) is 11.3 Å². The average molecular weight is 315 g/mol. The third-order valence-electron chi connectivity index (χ3n) is 2.80. The van der Waals surface area contributed by atoms with Crippen LogP contribution in [0, 0.1) is 10.1 Å². The molecule has 0 saturated heterocycles. The van der Waals surface area contributed by atoms with Crippen LogP contribution in [0.2, 0.25) is 5.02 Å². The molecule has 0 fully saturated rings. The van der Waals surface area contributed by atoms with Crippen LogP contribution in [-0.2, 0) is 4.79 Å². The van der Waals surface area contributed by atoms with Crippen molar-refractivity contribution in [3.05, 3.63) is 38.9 Å². The first kappa shape index (κ1) is 16.9. The molecule has 0 saturated carbocycles. The van der Waals surface area contributed by atoms with Crippen molar-refractivity contribution in [2.24, 2.45) is 0 Å². The molecule has 7 nitrogen and oxygen atoms in total. The fraction of sp³-hybridized carbons (Fsp3) is 0.385. The minimum Gasteiger partial charge on any atom is -0.481 e. The van der Waals surface area contributed by atoms with Gasteiger partial charge in [-0.1, -0.05) is 24.9 Å². The number of hydrogen-bond acceptors (Lipinski definition) is 4. The van der Waals surface area contributed by atoms with Gasteiger partial charge in [-0.3, -0.25) is 19.7 Å². The normalized spacial score (nSPS) is 11.7. The molecule has 1 amide bonds. The zero-order chi connectivity index (χ0) is 16.0. The van der Waals surface area contributed by atoms with Crippen molar-refractivity contribution < 1.29 is 19.6 Å². The van der Waals surface area contributed by atoms with Crippen LogP contribution in [0.4, 0.5) is 5.69 Å². The van der Waals surface area contributed by atoms with Gasteiger partial charge in [-0.15, -0.1) is 0 Å². The maximum atomic E-state index is 12.0. The molecule has 0 aliphatic carbocycles. The van der Waals surface area contributed by atoms with E-state index in [4.69, 9.17) is 16.7 Å². The highest BCUT2D eigenvalue weighted by atomic mass is 35.5. The number of nitrogens with zero attached hydrogens (tertiary/aromatic N) is 1. The van der Waals surface area contributed by atoms with Crippen molar-refractivity contribution in [2.45, 2.75) is 32.2 Å². The van der Waals surface area contributed by atoms with Gasteiger partial charge < -0.3 is 10.4 Å². The van der Waals surface area contributed by atoms with Gasteiger partial charge in [0.25, 0.3) is 11.6 Å². The summed E-state index contributed by atoms with van der Waals surface area (Å²) in [6, 6.07) is 3.17. The van der Waals surface area contributed by atoms with E-state index in [0.717, 1.165) is 6.07 Å². The molecule has 0 aromatic heterocycles. The standard InChI is InChI=1S/C13H15ClN2O5/c1-2-3-9(7-12(17)18)15-13(19)8-4-5-10(14)11(6-8)16(20)21/h4-6,9H,2-3,7H2,1H3,(H,15,19)(H,17,18). The number of rotatable bonds is 7. The van der Waals surface area contributed by atoms with Crippen molar-refractivity contribution in [3.63, 3.8) is 0 Å². The molecular formula is C13H15ClN2O5. The summed E-state index contributed by atoms with van der Waals surface area (Å²) in [5.41, 5.74) is -0.299. The van der Waals surface area contributed by atoms with E-state index in [1.165, 1.54) is 12.1 Å². The highest BCUT2D eigenvalue weighted by molar-refractivity contribution is 6.32. The molecule has 1 atom stereocenters. The van der Waals surface area contributed by atoms with E-state index in [1.807, 2.05) is 6.92 Å². The number of nitrogens with one attached hydrogen (secondary N) is 1. The number of carbonyl (C=O) groups is 2. The average Bonchev–Trinajstić information content (AvgIpc) is 2.38. The van der Waals surface area contributed by atoms with E-state index < -0.39 is 22.8 Å². The number of carbonyl (C=O) groups excluding carboxylic acids is 1. The number of aliphatic carboxylic acids is 1. The molecule has 0 radical (unpaired) electrons. The second-order valence-electron chi connectivity index (χ2n) is 4.48. The van der Waals surface area contributed by atoms with E-state index in [9.17, 15) is 19.7 Å². The Morgan fingerprint density at radius 2 is 2.14 bits per heavy atom. The lowest BCUT2D eigenvalue weighted by Crippen LogP contribution is -2.36. The largest absolute Gasteiger partial charge is 0.481 e. The Hall–Kier alpha value is -2.15. The molecule has 2 N–H and O–H groups in total. The summed E-state index contributed by atoms with van der Waals surface area (Å²) in [6.07, 6.45) is 1.02. The Morgan fingerprint density at radius 1 is 1.48 bits per heavy atom. The van der Waals surface area contributed by atoms with Crippen LogP contribution in [0.5, 0.6) is 0 Å². The van der Waals surface area contributed by atoms with Gasteiger partial charge in [0.15, 0.2) is 0 Å². The molecule has 0 aliphatic rings. The first-order valence-electron chi connectivity index (χ1n) is 6.31. The third kappa shape index (κ3) is 5.03. The highest BCUT2D eigenvalue weighted by Crippen LogP contribution is 2.25. The fourth-order valence-electron chi connectivity index (χ4n) is 1.85. The van der Waals surface area contributed by atoms with E-state index in [2.05, 4.69) is 5.32 Å². The van der Waals surface area contributed by atoms with Gasteiger partial charge in [0.2, 0.25) is 0 Å². The molecule has 8 heteroatoms. The quantitative estimate of drug-likeness (QED) is 0.594. The number of benzene rings is 1. The Kier molecular flexibility index (Phi) is 6.10. The van der Waals surface area contributed by atoms with Crippen molar-refractivity contribution in [1.29, 1.82) is 0 Å². The van der Waals surface area contributed by atoms with Crippen molar-refractivity contribution in [1.82, 2.24) is 5.32 Å². The number of hydrogen-bond donors (Lipinski definition) is 2. The second kappa shape index (κ2) is 7.58. The van der Waals surface area contributed by atoms with Gasteiger partial charge in [0, 0.05) is 17.7 Å². The molecule has 1 aromatic rings. The Bertz CT molecular complexity index is 561. The minimum atomic E-state index is -1.02. The summed E-state index contributed by atoms with van der Waals surface area (Å²) in [4.78, 5) is 32.9. The number of halogens is 1.